The Hall–Kier alpha value is -2.36. The predicted molar refractivity (Wildman–Crippen MR) is 75.0 cm³/mol. The third-order valence-electron chi connectivity index (χ3n) is 2.82. The number of allylic oxidation sites excluding steroid dienone is 4. The number of hydrogen-bond acceptors (Lipinski definition) is 4. The van der Waals surface area contributed by atoms with Crippen molar-refractivity contribution in [2.75, 3.05) is 11.5 Å². The second kappa shape index (κ2) is 4.49. The zero-order chi connectivity index (χ0) is 13.3. The monoisotopic (exact) mass is 241 g/mol. The van der Waals surface area contributed by atoms with E-state index in [4.69, 9.17) is 11.5 Å². The van der Waals surface area contributed by atoms with E-state index in [1.165, 1.54) is 6.08 Å². The highest BCUT2D eigenvalue weighted by Gasteiger charge is 2.08. The summed E-state index contributed by atoms with van der Waals surface area (Å²) in [5.74, 6) is 0.00964. The second-order valence-electron chi connectivity index (χ2n) is 4.33. The minimum absolute atomic E-state index is 0.00964. The molecule has 1 aromatic rings. The number of anilines is 2. The maximum Gasteiger partial charge on any atom is 0.181 e. The molecule has 0 unspecified atom stereocenters. The van der Waals surface area contributed by atoms with Crippen molar-refractivity contribution >= 4 is 28.6 Å². The van der Waals surface area contributed by atoms with Crippen LogP contribution in [0.25, 0.3) is 0 Å². The molecule has 0 saturated heterocycles. The zero-order valence-electron chi connectivity index (χ0n) is 10.4. The van der Waals surface area contributed by atoms with Gasteiger partial charge in [0.2, 0.25) is 0 Å². The Morgan fingerprint density at radius 3 is 2.44 bits per heavy atom. The number of ketones is 1. The number of aryl methyl sites for hydroxylation is 1. The molecule has 18 heavy (non-hydrogen) atoms. The molecule has 0 bridgehead atoms. The van der Waals surface area contributed by atoms with E-state index >= 15 is 0 Å². The van der Waals surface area contributed by atoms with Gasteiger partial charge in [0, 0.05) is 5.69 Å². The number of carbonyl (C=O) groups excluding carboxylic acids is 1. The topological polar surface area (TPSA) is 81.5 Å². The molecule has 2 rings (SSSR count). The quantitative estimate of drug-likeness (QED) is 0.584. The molecule has 1 aliphatic carbocycles. The number of hydrogen-bond donors (Lipinski definition) is 2. The van der Waals surface area contributed by atoms with E-state index in [0.29, 0.717) is 28.3 Å². The van der Waals surface area contributed by atoms with Gasteiger partial charge in [-0.3, -0.25) is 4.79 Å². The fourth-order valence-electron chi connectivity index (χ4n) is 1.67. The van der Waals surface area contributed by atoms with Gasteiger partial charge in [-0.15, -0.1) is 0 Å². The van der Waals surface area contributed by atoms with Gasteiger partial charge in [0.05, 0.1) is 17.1 Å². The smallest absolute Gasteiger partial charge is 0.181 e. The molecule has 0 heterocycles. The van der Waals surface area contributed by atoms with Crippen LogP contribution >= 0.6 is 0 Å². The molecule has 0 saturated carbocycles. The minimum atomic E-state index is 0.00964. The van der Waals surface area contributed by atoms with Gasteiger partial charge in [0.25, 0.3) is 0 Å². The Labute approximate surface area is 106 Å². The van der Waals surface area contributed by atoms with E-state index in [-0.39, 0.29) is 5.78 Å². The van der Waals surface area contributed by atoms with E-state index in [1.807, 2.05) is 13.0 Å². The molecule has 0 fully saturated rings. The van der Waals surface area contributed by atoms with Gasteiger partial charge >= 0.3 is 0 Å². The Balaban J connectivity index is 2.43. The van der Waals surface area contributed by atoms with Crippen LogP contribution in [0, 0.1) is 6.92 Å². The van der Waals surface area contributed by atoms with Crippen LogP contribution in [-0.2, 0) is 4.79 Å². The lowest BCUT2D eigenvalue weighted by Crippen LogP contribution is -2.05. The maximum atomic E-state index is 11.3. The summed E-state index contributed by atoms with van der Waals surface area (Å²) >= 11 is 0. The van der Waals surface area contributed by atoms with Gasteiger partial charge in [-0.2, -0.15) is 0 Å². The maximum absolute atomic E-state index is 11.3. The van der Waals surface area contributed by atoms with Crippen LogP contribution in [0.3, 0.4) is 0 Å². The summed E-state index contributed by atoms with van der Waals surface area (Å²) in [6, 6.07) is 3.54. The highest BCUT2D eigenvalue weighted by atomic mass is 16.1. The zero-order valence-corrected chi connectivity index (χ0v) is 10.4. The molecule has 0 aliphatic heterocycles. The molecule has 0 spiro atoms. The van der Waals surface area contributed by atoms with Gasteiger partial charge in [-0.25, -0.2) is 4.99 Å². The molecule has 0 aromatic heterocycles. The average molecular weight is 241 g/mol. The summed E-state index contributed by atoms with van der Waals surface area (Å²) in [7, 11) is 0. The van der Waals surface area contributed by atoms with E-state index < -0.39 is 0 Å². The van der Waals surface area contributed by atoms with Crippen molar-refractivity contribution in [3.8, 4) is 0 Å². The van der Waals surface area contributed by atoms with E-state index in [2.05, 4.69) is 4.99 Å². The van der Waals surface area contributed by atoms with E-state index in [1.54, 1.807) is 25.1 Å². The number of nitrogen functional groups attached to an aromatic ring is 2. The average Bonchev–Trinajstić information content (AvgIpc) is 2.31. The van der Waals surface area contributed by atoms with Crippen LogP contribution in [0.1, 0.15) is 12.5 Å². The fraction of sp³-hybridized carbons (Fsp3) is 0.143. The van der Waals surface area contributed by atoms with Crippen molar-refractivity contribution in [1.29, 1.82) is 0 Å². The van der Waals surface area contributed by atoms with Crippen molar-refractivity contribution in [2.45, 2.75) is 13.8 Å². The number of aliphatic imine (C=N–C) groups is 1. The molecular formula is C14H15N3O. The minimum Gasteiger partial charge on any atom is -0.398 e. The first-order valence-electron chi connectivity index (χ1n) is 5.62. The predicted octanol–water partition coefficient (Wildman–Crippen LogP) is 2.32. The molecule has 0 radical (unpaired) electrons. The second-order valence-corrected chi connectivity index (χ2v) is 4.33. The molecule has 92 valence electrons. The Bertz CT molecular complexity index is 610. The molecule has 0 amide bonds. The van der Waals surface area contributed by atoms with Gasteiger partial charge in [-0.1, -0.05) is 0 Å². The Morgan fingerprint density at radius 1 is 1.06 bits per heavy atom. The highest BCUT2D eigenvalue weighted by molar-refractivity contribution is 6.19. The van der Waals surface area contributed by atoms with Gasteiger partial charge in [0.15, 0.2) is 5.78 Å². The SMILES string of the molecule is CC1=CC(=Nc2cc(C)c(N)cc2N)C=CC1=O. The van der Waals surface area contributed by atoms with Crippen molar-refractivity contribution in [1.82, 2.24) is 0 Å². The Morgan fingerprint density at radius 2 is 1.78 bits per heavy atom. The van der Waals surface area contributed by atoms with Crippen LogP contribution in [0.2, 0.25) is 0 Å². The molecule has 0 atom stereocenters. The highest BCUT2D eigenvalue weighted by Crippen LogP contribution is 2.28. The van der Waals surface area contributed by atoms with Crippen LogP contribution < -0.4 is 11.5 Å². The van der Waals surface area contributed by atoms with Crippen molar-refractivity contribution in [3.05, 3.63) is 41.5 Å². The normalized spacial score (nSPS) is 17.1. The molecule has 1 aromatic carbocycles. The summed E-state index contributed by atoms with van der Waals surface area (Å²) in [6.07, 6.45) is 4.93. The molecule has 4 heteroatoms. The molecule has 1 aliphatic rings. The lowest BCUT2D eigenvalue weighted by molar-refractivity contribution is -0.111. The summed E-state index contributed by atoms with van der Waals surface area (Å²) in [4.78, 5) is 15.7. The van der Waals surface area contributed by atoms with Crippen LogP contribution in [0.15, 0.2) is 40.9 Å². The van der Waals surface area contributed by atoms with E-state index in [9.17, 15) is 4.79 Å². The van der Waals surface area contributed by atoms with Crippen molar-refractivity contribution < 1.29 is 4.79 Å². The van der Waals surface area contributed by atoms with E-state index in [0.717, 1.165) is 5.56 Å². The van der Waals surface area contributed by atoms with Crippen LogP contribution in [-0.4, -0.2) is 11.5 Å². The summed E-state index contributed by atoms with van der Waals surface area (Å²) in [6.45, 7) is 3.67. The third kappa shape index (κ3) is 2.32. The number of carbonyl (C=O) groups is 1. The first kappa shape index (κ1) is 12.1. The fourth-order valence-corrected chi connectivity index (χ4v) is 1.67. The summed E-state index contributed by atoms with van der Waals surface area (Å²) in [5, 5.41) is 0. The third-order valence-corrected chi connectivity index (χ3v) is 2.82. The van der Waals surface area contributed by atoms with Crippen molar-refractivity contribution in [2.24, 2.45) is 4.99 Å². The molecule has 4 nitrogen and oxygen atoms in total. The summed E-state index contributed by atoms with van der Waals surface area (Å²) in [5.41, 5.74) is 15.8. The Kier molecular flexibility index (Phi) is 3.02. The summed E-state index contributed by atoms with van der Waals surface area (Å²) < 4.78 is 0. The molecule has 4 N–H and O–H groups in total. The lowest BCUT2D eigenvalue weighted by Gasteiger charge is -2.08. The largest absolute Gasteiger partial charge is 0.398 e. The number of rotatable bonds is 1. The number of nitrogens with zero attached hydrogens (tertiary/aromatic N) is 1. The number of nitrogens with two attached hydrogens (primary N) is 2. The van der Waals surface area contributed by atoms with Gasteiger partial charge in [-0.05, 0) is 55.3 Å². The lowest BCUT2D eigenvalue weighted by atomic mass is 10.0. The van der Waals surface area contributed by atoms with Crippen LogP contribution in [0.5, 0.6) is 0 Å². The van der Waals surface area contributed by atoms with Gasteiger partial charge in [0.1, 0.15) is 0 Å². The van der Waals surface area contributed by atoms with Crippen LogP contribution in [0.4, 0.5) is 17.1 Å². The van der Waals surface area contributed by atoms with Crippen molar-refractivity contribution in [3.63, 3.8) is 0 Å². The standard InChI is InChI=1S/C14H15N3O/c1-8-6-13(12(16)7-11(8)15)17-10-3-4-14(18)9(2)5-10/h3-7H,15-16H2,1-2H3. The van der Waals surface area contributed by atoms with Gasteiger partial charge < -0.3 is 11.5 Å². The first-order chi connectivity index (χ1) is 8.47. The first-order valence-corrected chi connectivity index (χ1v) is 5.62. The number of benzene rings is 1. The molecular weight excluding hydrogens is 226 g/mol.